The van der Waals surface area contributed by atoms with Crippen LogP contribution in [0.4, 0.5) is 0 Å². The highest BCUT2D eigenvalue weighted by Gasteiger charge is 1.92. The summed E-state index contributed by atoms with van der Waals surface area (Å²) in [6.45, 7) is 4.78. The van der Waals surface area contributed by atoms with Crippen molar-refractivity contribution in [2.45, 2.75) is 13.8 Å². The van der Waals surface area contributed by atoms with Crippen LogP contribution in [0.25, 0.3) is 0 Å². The molecule has 0 aliphatic heterocycles. The Morgan fingerprint density at radius 3 is 2.22 bits per heavy atom. The molecule has 0 saturated carbocycles. The second kappa shape index (κ2) is 3.85. The van der Waals surface area contributed by atoms with Gasteiger partial charge in [-0.25, -0.2) is 0 Å². The maximum absolute atomic E-state index is 10.4. The van der Waals surface area contributed by atoms with E-state index in [1.165, 1.54) is 4.31 Å². The van der Waals surface area contributed by atoms with Crippen molar-refractivity contribution in [2.75, 3.05) is 13.6 Å². The second-order valence-corrected chi connectivity index (χ2v) is 3.58. The van der Waals surface area contributed by atoms with E-state index in [4.69, 9.17) is 4.78 Å². The van der Waals surface area contributed by atoms with Gasteiger partial charge in [0.05, 0.1) is 0 Å². The van der Waals surface area contributed by atoms with Crippen LogP contribution in [0.15, 0.2) is 0 Å². The van der Waals surface area contributed by atoms with Crippen molar-refractivity contribution in [3.63, 3.8) is 0 Å². The average molecular weight is 149 g/mol. The summed E-state index contributed by atoms with van der Waals surface area (Å²) in [6, 6.07) is 0. The van der Waals surface area contributed by atoms with Gasteiger partial charge in [0.25, 0.3) is 0 Å². The van der Waals surface area contributed by atoms with Crippen LogP contribution in [0.2, 0.25) is 0 Å². The molecule has 56 valence electrons. The molecule has 0 aliphatic rings. The second-order valence-electron chi connectivity index (χ2n) is 2.45. The molecule has 0 aromatic carbocycles. The van der Waals surface area contributed by atoms with Crippen LogP contribution in [-0.4, -0.2) is 17.9 Å². The molecule has 0 aliphatic carbocycles. The van der Waals surface area contributed by atoms with Crippen molar-refractivity contribution in [1.82, 2.24) is 4.31 Å². The minimum atomic E-state index is -1.55. The summed E-state index contributed by atoms with van der Waals surface area (Å²) in [4.78, 5) is 0. The molecule has 0 bridgehead atoms. The molecule has 4 heteroatoms. The summed E-state index contributed by atoms with van der Waals surface area (Å²) < 4.78 is 18.7. The molecule has 9 heavy (non-hydrogen) atoms. The van der Waals surface area contributed by atoms with Crippen LogP contribution in [0.1, 0.15) is 13.8 Å². The van der Waals surface area contributed by atoms with Crippen LogP contribution in [-0.2, 0) is 15.0 Å². The van der Waals surface area contributed by atoms with E-state index in [-0.39, 0.29) is 0 Å². The molecule has 0 saturated heterocycles. The largest absolute Gasteiger partial charge is 0.430 e. The maximum Gasteiger partial charge on any atom is -0.0158 e. The van der Waals surface area contributed by atoms with Crippen molar-refractivity contribution >= 4 is 10.8 Å². The Kier molecular flexibility index (Phi) is 3.81. The van der Waals surface area contributed by atoms with Crippen molar-refractivity contribution in [3.05, 3.63) is 0 Å². The third kappa shape index (κ3) is 4.42. The summed E-state index contributed by atoms with van der Waals surface area (Å²) in [5, 5.41) is 0. The van der Waals surface area contributed by atoms with E-state index in [1.54, 1.807) is 7.05 Å². The molecule has 0 rings (SSSR count). The predicted octanol–water partition coefficient (Wildman–Crippen LogP) is 1.22. The van der Waals surface area contributed by atoms with Gasteiger partial charge in [-0.1, -0.05) is 13.8 Å². The van der Waals surface area contributed by atoms with Gasteiger partial charge >= 0.3 is 0 Å². The zero-order valence-electron chi connectivity index (χ0n) is 6.05. The first-order valence-electron chi connectivity index (χ1n) is 2.88. The highest BCUT2D eigenvalue weighted by Crippen LogP contribution is 1.94. The Bertz CT molecular complexity index is 134. The topological polar surface area (TPSA) is 44.2 Å². The zero-order chi connectivity index (χ0) is 7.44. The number of hydrogen-bond donors (Lipinski definition) is 1. The number of rotatable bonds is 3. The van der Waals surface area contributed by atoms with E-state index < -0.39 is 10.8 Å². The molecule has 3 nitrogen and oxygen atoms in total. The van der Waals surface area contributed by atoms with Crippen LogP contribution < -0.4 is 0 Å². The summed E-state index contributed by atoms with van der Waals surface area (Å²) in [6.07, 6.45) is 0. The summed E-state index contributed by atoms with van der Waals surface area (Å²) in [5.74, 6) is 0.476. The molecule has 0 radical (unpaired) electrons. The van der Waals surface area contributed by atoms with Gasteiger partial charge in [0.1, 0.15) is 0 Å². The molecule has 0 aromatic rings. The fourth-order valence-electron chi connectivity index (χ4n) is 0.582. The molecule has 0 unspecified atom stereocenters. The molecule has 0 heterocycles. The Morgan fingerprint density at radius 1 is 1.67 bits per heavy atom. The van der Waals surface area contributed by atoms with Gasteiger partial charge in [-0.3, -0.25) is 0 Å². The van der Waals surface area contributed by atoms with Crippen molar-refractivity contribution in [3.8, 4) is 0 Å². The normalized spacial score (nSPS) is 11.8. The van der Waals surface area contributed by atoms with Gasteiger partial charge in [-0.2, -0.15) is 0 Å². The average Bonchev–Trinajstić information content (AvgIpc) is 1.63. The van der Waals surface area contributed by atoms with Crippen LogP contribution in [0.5, 0.6) is 0 Å². The number of nitrogens with one attached hydrogen (secondary N) is 1. The molecule has 0 fully saturated rings. The van der Waals surface area contributed by atoms with Crippen LogP contribution >= 0.6 is 0 Å². The van der Waals surface area contributed by atoms with Gasteiger partial charge in [-0.05, 0) is 19.5 Å². The fraction of sp³-hybridized carbons (Fsp3) is 1.00. The first-order chi connectivity index (χ1) is 4.04. The highest BCUT2D eigenvalue weighted by molar-refractivity contribution is 7.70. The van der Waals surface area contributed by atoms with Crippen molar-refractivity contribution in [1.29, 1.82) is 4.78 Å². The Hall–Kier alpha value is -0.0900. The molecule has 0 aromatic heterocycles. The van der Waals surface area contributed by atoms with Crippen LogP contribution in [0, 0.1) is 10.7 Å². The zero-order valence-corrected chi connectivity index (χ0v) is 6.86. The lowest BCUT2D eigenvalue weighted by molar-refractivity contribution is 0.440. The molecule has 0 amide bonds. The van der Waals surface area contributed by atoms with E-state index in [0.717, 1.165) is 6.54 Å². The first-order valence-corrected chi connectivity index (χ1v) is 3.99. The fourth-order valence-corrected chi connectivity index (χ4v) is 1.02. The van der Waals surface area contributed by atoms with Gasteiger partial charge < -0.3 is 13.3 Å². The summed E-state index contributed by atoms with van der Waals surface area (Å²) in [7, 11) is 0.136. The lowest BCUT2D eigenvalue weighted by Gasteiger charge is -2.20. The quantitative estimate of drug-likeness (QED) is 0.602. The van der Waals surface area contributed by atoms with Gasteiger partial charge in [0.15, 0.2) is 0 Å². The predicted molar refractivity (Wildman–Crippen MR) is 38.2 cm³/mol. The van der Waals surface area contributed by atoms with E-state index in [9.17, 15) is 4.21 Å². The van der Waals surface area contributed by atoms with Gasteiger partial charge in [0, 0.05) is 0 Å². The molecule has 1 N–H and O–H groups in total. The van der Waals surface area contributed by atoms with Crippen molar-refractivity contribution < 1.29 is 4.21 Å². The standard InChI is InChI=1S/C5H13N2OS/c1-5(2)4-7(3)9(6)8/h5-6H,4H2,1-3H3/q-1. The van der Waals surface area contributed by atoms with Crippen molar-refractivity contribution in [2.24, 2.45) is 5.92 Å². The lowest BCUT2D eigenvalue weighted by Crippen LogP contribution is -2.20. The summed E-state index contributed by atoms with van der Waals surface area (Å²) in [5.41, 5.74) is 0. The maximum atomic E-state index is 10.4. The summed E-state index contributed by atoms with van der Waals surface area (Å²) >= 11 is 0. The molecular formula is C5H13N2OS-. The minimum Gasteiger partial charge on any atom is -0.430 e. The molecular weight excluding hydrogens is 136 g/mol. The SMILES string of the molecule is CC(C)CN(C)[S-](=N)=O. The van der Waals surface area contributed by atoms with Crippen LogP contribution in [0.3, 0.4) is 0 Å². The van der Waals surface area contributed by atoms with E-state index >= 15 is 0 Å². The minimum absolute atomic E-state index is 0.476. The molecule has 0 atom stereocenters. The monoisotopic (exact) mass is 149 g/mol. The molecule has 0 spiro atoms. The van der Waals surface area contributed by atoms with Gasteiger partial charge in [0.2, 0.25) is 0 Å². The Labute approximate surface area is 58.2 Å². The van der Waals surface area contributed by atoms with E-state index in [2.05, 4.69) is 0 Å². The first kappa shape index (κ1) is 8.91. The number of hydrogen-bond acceptors (Lipinski definition) is 3. The Morgan fingerprint density at radius 2 is 2.11 bits per heavy atom. The third-order valence-electron chi connectivity index (χ3n) is 0.905. The van der Waals surface area contributed by atoms with E-state index in [1.807, 2.05) is 13.8 Å². The highest BCUT2D eigenvalue weighted by atomic mass is 32.2. The van der Waals surface area contributed by atoms with E-state index in [0.29, 0.717) is 5.92 Å². The smallest absolute Gasteiger partial charge is 0.0158 e. The van der Waals surface area contributed by atoms with Gasteiger partial charge in [-0.15, -0.1) is 10.8 Å². The lowest BCUT2D eigenvalue weighted by atomic mass is 10.2. The Balaban J connectivity index is 3.64. The third-order valence-corrected chi connectivity index (χ3v) is 1.62. The number of nitrogens with zero attached hydrogens (tertiary/aromatic N) is 1.